The summed E-state index contributed by atoms with van der Waals surface area (Å²) in [7, 11) is 0. The molecule has 0 radical (unpaired) electrons. The molecule has 5 heteroatoms. The molecule has 0 heterocycles. The number of urea groups is 1. The highest BCUT2D eigenvalue weighted by Gasteiger charge is 2.08. The summed E-state index contributed by atoms with van der Waals surface area (Å²) < 4.78 is 5.35. The maximum absolute atomic E-state index is 12.0. The van der Waals surface area contributed by atoms with Gasteiger partial charge in [0.1, 0.15) is 0 Å². The van der Waals surface area contributed by atoms with Crippen LogP contribution < -0.4 is 10.6 Å². The van der Waals surface area contributed by atoms with Crippen LogP contribution in [0.2, 0.25) is 0 Å². The monoisotopic (exact) mass is 366 g/mol. The molecule has 0 saturated carbocycles. The predicted octanol–water partition coefficient (Wildman–Crippen LogP) is 3.24. The second-order valence-electron chi connectivity index (χ2n) is 6.62. The van der Waals surface area contributed by atoms with Crippen molar-refractivity contribution in [3.8, 4) is 11.8 Å². The molecule has 0 fully saturated rings. The van der Waals surface area contributed by atoms with Gasteiger partial charge < -0.3 is 20.5 Å². The topological polar surface area (TPSA) is 70.6 Å². The summed E-state index contributed by atoms with van der Waals surface area (Å²) in [5.74, 6) is 6.57. The lowest BCUT2D eigenvalue weighted by atomic mass is 10.1. The quantitative estimate of drug-likeness (QED) is 0.659. The van der Waals surface area contributed by atoms with E-state index in [0.29, 0.717) is 18.2 Å². The Hall–Kier alpha value is -2.81. The van der Waals surface area contributed by atoms with Gasteiger partial charge in [-0.1, -0.05) is 50.0 Å². The van der Waals surface area contributed by atoms with Crippen molar-refractivity contribution in [1.82, 2.24) is 5.32 Å². The van der Waals surface area contributed by atoms with Crippen LogP contribution in [0.3, 0.4) is 0 Å². The Labute approximate surface area is 160 Å². The fourth-order valence-electron chi connectivity index (χ4n) is 2.23. The average molecular weight is 366 g/mol. The van der Waals surface area contributed by atoms with Crippen molar-refractivity contribution >= 4 is 11.7 Å². The van der Waals surface area contributed by atoms with E-state index >= 15 is 0 Å². The van der Waals surface area contributed by atoms with Crippen molar-refractivity contribution in [3.63, 3.8) is 0 Å². The van der Waals surface area contributed by atoms with Gasteiger partial charge in [0.15, 0.2) is 0 Å². The minimum atomic E-state index is -0.738. The fraction of sp³-hybridized carbons (Fsp3) is 0.318. The summed E-state index contributed by atoms with van der Waals surface area (Å²) >= 11 is 0. The van der Waals surface area contributed by atoms with Gasteiger partial charge in [0.05, 0.1) is 12.7 Å². The van der Waals surface area contributed by atoms with Gasteiger partial charge in [-0.2, -0.15) is 0 Å². The van der Waals surface area contributed by atoms with E-state index in [4.69, 9.17) is 4.74 Å². The van der Waals surface area contributed by atoms with Crippen LogP contribution in [-0.4, -0.2) is 37.0 Å². The van der Waals surface area contributed by atoms with Gasteiger partial charge in [-0.05, 0) is 36.2 Å². The van der Waals surface area contributed by atoms with Gasteiger partial charge in [-0.25, -0.2) is 4.79 Å². The number of aliphatic hydroxyl groups is 1. The normalized spacial score (nSPS) is 11.4. The lowest BCUT2D eigenvalue weighted by molar-refractivity contribution is 0.0274. The van der Waals surface area contributed by atoms with Gasteiger partial charge in [0.2, 0.25) is 0 Å². The number of carbonyl (C=O) groups excluding carboxylic acids is 1. The van der Waals surface area contributed by atoms with Gasteiger partial charge in [0, 0.05) is 30.0 Å². The number of hydrogen-bond donors (Lipinski definition) is 3. The number of anilines is 1. The third-order valence-corrected chi connectivity index (χ3v) is 3.51. The van der Waals surface area contributed by atoms with Crippen molar-refractivity contribution in [1.29, 1.82) is 0 Å². The van der Waals surface area contributed by atoms with Crippen molar-refractivity contribution in [2.24, 2.45) is 5.92 Å². The summed E-state index contributed by atoms with van der Waals surface area (Å²) in [5.41, 5.74) is 2.37. The van der Waals surface area contributed by atoms with Crippen LogP contribution in [0.4, 0.5) is 10.5 Å². The molecule has 2 amide bonds. The number of nitrogens with one attached hydrogen (secondary N) is 2. The fourth-order valence-corrected chi connectivity index (χ4v) is 2.23. The number of rotatable bonds is 7. The third-order valence-electron chi connectivity index (χ3n) is 3.51. The molecule has 3 N–H and O–H groups in total. The first-order valence-corrected chi connectivity index (χ1v) is 9.00. The van der Waals surface area contributed by atoms with E-state index in [9.17, 15) is 9.90 Å². The number of benzene rings is 2. The molecule has 2 aromatic rings. The maximum Gasteiger partial charge on any atom is 0.319 e. The van der Waals surface area contributed by atoms with Gasteiger partial charge in [-0.15, -0.1) is 0 Å². The molecule has 0 aliphatic rings. The standard InChI is InChI=1S/C22H26N2O3/c1-17(2)15-27-16-21(25)14-23-22(26)24-20-10-6-9-19(13-20)12-11-18-7-4-3-5-8-18/h3-10,13,17,21,25H,14-16H2,1-2H3,(H2,23,24,26). The molecule has 1 atom stereocenters. The van der Waals surface area contributed by atoms with Crippen LogP contribution in [-0.2, 0) is 4.74 Å². The first-order valence-electron chi connectivity index (χ1n) is 9.00. The first kappa shape index (κ1) is 20.5. The SMILES string of the molecule is CC(C)COCC(O)CNC(=O)Nc1cccc(C#Cc2ccccc2)c1. The Morgan fingerprint density at radius 1 is 1.04 bits per heavy atom. The summed E-state index contributed by atoms with van der Waals surface area (Å²) in [6.45, 7) is 4.98. The van der Waals surface area contributed by atoms with Crippen molar-refractivity contribution in [2.75, 3.05) is 25.1 Å². The summed E-state index contributed by atoms with van der Waals surface area (Å²) in [6, 6.07) is 16.6. The van der Waals surface area contributed by atoms with Crippen LogP contribution in [0.25, 0.3) is 0 Å². The molecule has 0 spiro atoms. The molecule has 1 unspecified atom stereocenters. The number of ether oxygens (including phenoxy) is 1. The van der Waals surface area contributed by atoms with Gasteiger partial charge in [-0.3, -0.25) is 0 Å². The van der Waals surface area contributed by atoms with Crippen molar-refractivity contribution < 1.29 is 14.6 Å². The minimum absolute atomic E-state index is 0.122. The Balaban J connectivity index is 1.81. The molecule has 0 aliphatic heterocycles. The maximum atomic E-state index is 12.0. The highest BCUT2D eigenvalue weighted by Crippen LogP contribution is 2.10. The van der Waals surface area contributed by atoms with Crippen molar-refractivity contribution in [3.05, 3.63) is 65.7 Å². The van der Waals surface area contributed by atoms with Crippen LogP contribution in [0.5, 0.6) is 0 Å². The van der Waals surface area contributed by atoms with Crippen molar-refractivity contribution in [2.45, 2.75) is 20.0 Å². The van der Waals surface area contributed by atoms with E-state index in [2.05, 4.69) is 22.5 Å². The largest absolute Gasteiger partial charge is 0.389 e. The Bertz CT molecular complexity index is 779. The molecule has 0 bridgehead atoms. The first-order chi connectivity index (χ1) is 13.0. The molecular weight excluding hydrogens is 340 g/mol. The van der Waals surface area contributed by atoms with E-state index in [0.717, 1.165) is 11.1 Å². The van der Waals surface area contributed by atoms with E-state index < -0.39 is 6.10 Å². The summed E-state index contributed by atoms with van der Waals surface area (Å²) in [6.07, 6.45) is -0.738. The zero-order valence-electron chi connectivity index (χ0n) is 15.7. The Kier molecular flexibility index (Phi) is 8.37. The molecule has 0 saturated heterocycles. The van der Waals surface area contributed by atoms with Crippen LogP contribution >= 0.6 is 0 Å². The van der Waals surface area contributed by atoms with Crippen LogP contribution in [0.1, 0.15) is 25.0 Å². The summed E-state index contributed by atoms with van der Waals surface area (Å²) in [5, 5.41) is 15.2. The molecule has 0 aromatic heterocycles. The van der Waals surface area contributed by atoms with E-state index in [1.165, 1.54) is 0 Å². The van der Waals surface area contributed by atoms with Crippen LogP contribution in [0, 0.1) is 17.8 Å². The minimum Gasteiger partial charge on any atom is -0.389 e. The molecular formula is C22H26N2O3. The summed E-state index contributed by atoms with van der Waals surface area (Å²) in [4.78, 5) is 12.0. The van der Waals surface area contributed by atoms with Gasteiger partial charge >= 0.3 is 6.03 Å². The molecule has 2 aromatic carbocycles. The number of amides is 2. The lowest BCUT2D eigenvalue weighted by Crippen LogP contribution is -2.37. The van der Waals surface area contributed by atoms with Crippen LogP contribution in [0.15, 0.2) is 54.6 Å². The number of hydrogen-bond acceptors (Lipinski definition) is 3. The van der Waals surface area contributed by atoms with E-state index in [-0.39, 0.29) is 19.2 Å². The second kappa shape index (κ2) is 11.0. The molecule has 2 rings (SSSR count). The molecule has 5 nitrogen and oxygen atoms in total. The second-order valence-corrected chi connectivity index (χ2v) is 6.62. The Morgan fingerprint density at radius 3 is 2.48 bits per heavy atom. The average Bonchev–Trinajstić information content (AvgIpc) is 2.66. The van der Waals surface area contributed by atoms with Gasteiger partial charge in [0.25, 0.3) is 0 Å². The smallest absolute Gasteiger partial charge is 0.319 e. The molecule has 142 valence electrons. The highest BCUT2D eigenvalue weighted by atomic mass is 16.5. The molecule has 27 heavy (non-hydrogen) atoms. The third kappa shape index (κ3) is 8.41. The zero-order chi connectivity index (χ0) is 19.5. The molecule has 0 aliphatic carbocycles. The highest BCUT2D eigenvalue weighted by molar-refractivity contribution is 5.89. The van der Waals surface area contributed by atoms with E-state index in [1.807, 2.05) is 56.3 Å². The number of aliphatic hydroxyl groups excluding tert-OH is 1. The Morgan fingerprint density at radius 2 is 1.74 bits per heavy atom. The number of carbonyl (C=O) groups is 1. The predicted molar refractivity (Wildman–Crippen MR) is 108 cm³/mol. The zero-order valence-corrected chi connectivity index (χ0v) is 15.7. The van der Waals surface area contributed by atoms with E-state index in [1.54, 1.807) is 12.1 Å². The lowest BCUT2D eigenvalue weighted by Gasteiger charge is -2.14.